The van der Waals surface area contributed by atoms with Crippen LogP contribution >= 0.6 is 11.6 Å². The summed E-state index contributed by atoms with van der Waals surface area (Å²) in [6.07, 6.45) is 2.79. The molecule has 0 unspecified atom stereocenters. The first-order valence-electron chi connectivity index (χ1n) is 8.01. The molecule has 126 valence electrons. The van der Waals surface area contributed by atoms with Gasteiger partial charge >= 0.3 is 5.69 Å². The van der Waals surface area contributed by atoms with Crippen LogP contribution in [0.4, 0.5) is 5.82 Å². The number of aromatic nitrogens is 4. The van der Waals surface area contributed by atoms with E-state index in [4.69, 9.17) is 17.3 Å². The van der Waals surface area contributed by atoms with Crippen molar-refractivity contribution in [1.82, 2.24) is 19.5 Å². The molecule has 0 fully saturated rings. The average molecular weight is 346 g/mol. The van der Waals surface area contributed by atoms with Gasteiger partial charge in [0.2, 0.25) is 0 Å². The van der Waals surface area contributed by atoms with E-state index in [1.807, 2.05) is 24.3 Å². The highest BCUT2D eigenvalue weighted by Crippen LogP contribution is 2.16. The number of aromatic amines is 1. The Labute approximate surface area is 144 Å². The van der Waals surface area contributed by atoms with Crippen molar-refractivity contribution in [3.8, 4) is 0 Å². The summed E-state index contributed by atoms with van der Waals surface area (Å²) >= 11 is 5.81. The molecule has 0 aliphatic heterocycles. The number of alkyl halides is 1. The van der Waals surface area contributed by atoms with Gasteiger partial charge in [-0.25, -0.2) is 14.8 Å². The Hall–Kier alpha value is -2.34. The van der Waals surface area contributed by atoms with Gasteiger partial charge in [-0.1, -0.05) is 37.6 Å². The van der Waals surface area contributed by atoms with E-state index in [0.717, 1.165) is 30.4 Å². The number of hydrogen-bond acceptors (Lipinski definition) is 4. The maximum Gasteiger partial charge on any atom is 0.328 e. The van der Waals surface area contributed by atoms with Gasteiger partial charge in [-0.15, -0.1) is 11.6 Å². The Morgan fingerprint density at radius 2 is 1.92 bits per heavy atom. The van der Waals surface area contributed by atoms with Crippen LogP contribution in [0.5, 0.6) is 0 Å². The van der Waals surface area contributed by atoms with Crippen molar-refractivity contribution in [3.63, 3.8) is 0 Å². The number of nitrogens with two attached hydrogens (primary N) is 1. The lowest BCUT2D eigenvalue weighted by Gasteiger charge is -2.06. The molecule has 2 heterocycles. The molecule has 0 saturated heterocycles. The van der Waals surface area contributed by atoms with Gasteiger partial charge in [0.1, 0.15) is 11.3 Å². The number of anilines is 1. The molecule has 7 heteroatoms. The third kappa shape index (κ3) is 3.28. The molecule has 0 atom stereocenters. The number of H-pyrrole nitrogens is 1. The number of fused-ring (bicyclic) bond motifs is 1. The normalized spacial score (nSPS) is 11.2. The molecule has 0 saturated carbocycles. The van der Waals surface area contributed by atoms with Crippen LogP contribution in [0.15, 0.2) is 29.1 Å². The van der Waals surface area contributed by atoms with E-state index in [2.05, 4.69) is 21.9 Å². The monoisotopic (exact) mass is 345 g/mol. The number of aryl methyl sites for hydroxylation is 1. The Bertz CT molecular complexity index is 898. The number of nitrogen functional groups attached to an aromatic ring is 1. The van der Waals surface area contributed by atoms with Crippen molar-refractivity contribution in [2.24, 2.45) is 0 Å². The molecule has 3 rings (SSSR count). The first-order chi connectivity index (χ1) is 11.6. The third-order valence-electron chi connectivity index (χ3n) is 3.97. The molecule has 3 aromatic rings. The molecular formula is C17H20ClN5O. The van der Waals surface area contributed by atoms with Crippen LogP contribution in [0.25, 0.3) is 11.2 Å². The highest BCUT2D eigenvalue weighted by molar-refractivity contribution is 6.17. The first kappa shape index (κ1) is 16.5. The quantitative estimate of drug-likeness (QED) is 0.672. The highest BCUT2D eigenvalue weighted by atomic mass is 35.5. The van der Waals surface area contributed by atoms with Crippen molar-refractivity contribution in [2.75, 3.05) is 5.73 Å². The predicted molar refractivity (Wildman–Crippen MR) is 96.3 cm³/mol. The Kier molecular flexibility index (Phi) is 4.85. The van der Waals surface area contributed by atoms with Crippen molar-refractivity contribution >= 4 is 28.6 Å². The molecule has 0 bridgehead atoms. The minimum Gasteiger partial charge on any atom is -0.382 e. The number of nitrogens with zero attached hydrogens (tertiary/aromatic N) is 3. The lowest BCUT2D eigenvalue weighted by Crippen LogP contribution is -2.18. The van der Waals surface area contributed by atoms with E-state index in [0.29, 0.717) is 35.2 Å². The second-order valence-electron chi connectivity index (χ2n) is 5.79. The number of unbranched alkanes of at least 4 members (excludes halogenated alkanes) is 1. The number of halogens is 1. The van der Waals surface area contributed by atoms with Crippen LogP contribution in [0.2, 0.25) is 0 Å². The van der Waals surface area contributed by atoms with Crippen molar-refractivity contribution in [2.45, 2.75) is 38.6 Å². The molecule has 0 aliphatic carbocycles. The Balaban J connectivity index is 2.00. The summed E-state index contributed by atoms with van der Waals surface area (Å²) in [6.45, 7) is 2.53. The third-order valence-corrected chi connectivity index (χ3v) is 4.28. The minimum absolute atomic E-state index is 0.236. The van der Waals surface area contributed by atoms with Gasteiger partial charge in [0.25, 0.3) is 0 Å². The fourth-order valence-electron chi connectivity index (χ4n) is 2.61. The molecule has 24 heavy (non-hydrogen) atoms. The number of benzene rings is 1. The van der Waals surface area contributed by atoms with Crippen LogP contribution < -0.4 is 11.4 Å². The lowest BCUT2D eigenvalue weighted by molar-refractivity contribution is 0.743. The van der Waals surface area contributed by atoms with Crippen LogP contribution in [0, 0.1) is 0 Å². The van der Waals surface area contributed by atoms with E-state index < -0.39 is 0 Å². The summed E-state index contributed by atoms with van der Waals surface area (Å²) in [5.74, 6) is 1.46. The molecule has 1 aromatic carbocycles. The summed E-state index contributed by atoms with van der Waals surface area (Å²) in [5.41, 5.74) is 8.85. The number of imidazole rings is 1. The predicted octanol–water partition coefficient (Wildman–Crippen LogP) is 2.83. The molecule has 6 nitrogen and oxygen atoms in total. The number of hydrogen-bond donors (Lipinski definition) is 2. The van der Waals surface area contributed by atoms with E-state index in [1.54, 1.807) is 4.57 Å². The standard InChI is InChI=1S/C17H20ClN5O/c1-2-3-4-13-20-15(19)14-16(21-13)23(17(24)22-14)10-12-7-5-11(9-18)6-8-12/h5-8H,2-4,9-10H2,1H3,(H,22,24)(H2,19,20,21). The zero-order valence-corrected chi connectivity index (χ0v) is 14.3. The van der Waals surface area contributed by atoms with E-state index in [1.165, 1.54) is 0 Å². The van der Waals surface area contributed by atoms with E-state index in [9.17, 15) is 4.79 Å². The molecule has 0 aliphatic rings. The fraction of sp³-hybridized carbons (Fsp3) is 0.353. The maximum absolute atomic E-state index is 12.3. The summed E-state index contributed by atoms with van der Waals surface area (Å²) in [4.78, 5) is 23.9. The van der Waals surface area contributed by atoms with Crippen molar-refractivity contribution < 1.29 is 0 Å². The summed E-state index contributed by atoms with van der Waals surface area (Å²) in [5, 5.41) is 0. The van der Waals surface area contributed by atoms with Gasteiger partial charge in [0, 0.05) is 12.3 Å². The van der Waals surface area contributed by atoms with Gasteiger partial charge in [-0.3, -0.25) is 4.57 Å². The molecular weight excluding hydrogens is 326 g/mol. The fourth-order valence-corrected chi connectivity index (χ4v) is 2.79. The molecule has 0 radical (unpaired) electrons. The zero-order chi connectivity index (χ0) is 17.1. The Morgan fingerprint density at radius 1 is 1.21 bits per heavy atom. The average Bonchev–Trinajstić information content (AvgIpc) is 2.90. The largest absolute Gasteiger partial charge is 0.382 e. The van der Waals surface area contributed by atoms with Crippen LogP contribution in [-0.2, 0) is 18.8 Å². The summed E-state index contributed by atoms with van der Waals surface area (Å²) in [6, 6.07) is 7.84. The highest BCUT2D eigenvalue weighted by Gasteiger charge is 2.14. The van der Waals surface area contributed by atoms with Gasteiger partial charge in [0.15, 0.2) is 11.5 Å². The van der Waals surface area contributed by atoms with E-state index in [-0.39, 0.29) is 5.69 Å². The topological polar surface area (TPSA) is 89.6 Å². The summed E-state index contributed by atoms with van der Waals surface area (Å²) < 4.78 is 1.60. The number of rotatable bonds is 6. The second kappa shape index (κ2) is 7.05. The van der Waals surface area contributed by atoms with Crippen LogP contribution in [0.1, 0.15) is 36.7 Å². The second-order valence-corrected chi connectivity index (χ2v) is 6.06. The molecule has 2 aromatic heterocycles. The van der Waals surface area contributed by atoms with Crippen molar-refractivity contribution in [3.05, 3.63) is 51.7 Å². The van der Waals surface area contributed by atoms with E-state index >= 15 is 0 Å². The summed E-state index contributed by atoms with van der Waals surface area (Å²) in [7, 11) is 0. The van der Waals surface area contributed by atoms with Crippen molar-refractivity contribution in [1.29, 1.82) is 0 Å². The number of nitrogens with one attached hydrogen (secondary N) is 1. The SMILES string of the molecule is CCCCc1nc(N)c2[nH]c(=O)n(Cc3ccc(CCl)cc3)c2n1. The van der Waals surface area contributed by atoms with Crippen LogP contribution in [0.3, 0.4) is 0 Å². The van der Waals surface area contributed by atoms with Gasteiger partial charge in [-0.05, 0) is 17.5 Å². The first-order valence-corrected chi connectivity index (χ1v) is 8.54. The minimum atomic E-state index is -0.236. The maximum atomic E-state index is 12.3. The van der Waals surface area contributed by atoms with Gasteiger partial charge in [-0.2, -0.15) is 0 Å². The lowest BCUT2D eigenvalue weighted by atomic mass is 10.1. The molecule has 3 N–H and O–H groups in total. The molecule has 0 spiro atoms. The molecule has 0 amide bonds. The Morgan fingerprint density at radius 3 is 2.58 bits per heavy atom. The van der Waals surface area contributed by atoms with Gasteiger partial charge < -0.3 is 10.7 Å². The smallest absolute Gasteiger partial charge is 0.328 e. The van der Waals surface area contributed by atoms with Gasteiger partial charge in [0.05, 0.1) is 6.54 Å². The van der Waals surface area contributed by atoms with Crippen LogP contribution in [-0.4, -0.2) is 19.5 Å². The zero-order valence-electron chi connectivity index (χ0n) is 13.6.